The lowest BCUT2D eigenvalue weighted by Gasteiger charge is -2.29. The van der Waals surface area contributed by atoms with Crippen molar-refractivity contribution in [2.24, 2.45) is 0 Å². The van der Waals surface area contributed by atoms with Gasteiger partial charge in [0.05, 0.1) is 16.1 Å². The predicted octanol–water partition coefficient (Wildman–Crippen LogP) is 14.5. The van der Waals surface area contributed by atoms with E-state index in [-0.39, 0.29) is 5.41 Å². The summed E-state index contributed by atoms with van der Waals surface area (Å²) < 4.78 is 2.61. The molecular weight excluding hydrogens is 649 g/mol. The van der Waals surface area contributed by atoms with Gasteiger partial charge in [-0.1, -0.05) is 129 Å². The normalized spacial score (nSPS) is 13.0. The summed E-state index contributed by atoms with van der Waals surface area (Å²) in [5.41, 5.74) is 12.1. The molecule has 0 amide bonds. The minimum atomic E-state index is -0.218. The molecule has 8 aromatic carbocycles. The Kier molecular flexibility index (Phi) is 7.06. The number of rotatable bonds is 6. The molecule has 0 unspecified atom stereocenters. The third-order valence-corrected chi connectivity index (χ3v) is 12.0. The first-order valence-corrected chi connectivity index (χ1v) is 18.8. The smallest absolute Gasteiger partial charge is 0.0640 e. The van der Waals surface area contributed by atoms with Crippen LogP contribution in [0, 0.1) is 0 Å². The van der Waals surface area contributed by atoms with Gasteiger partial charge in [0.15, 0.2) is 0 Å². The lowest BCUT2D eigenvalue weighted by Crippen LogP contribution is -2.17. The van der Waals surface area contributed by atoms with Gasteiger partial charge in [0.2, 0.25) is 0 Å². The van der Waals surface area contributed by atoms with Gasteiger partial charge in [-0.15, -0.1) is 11.3 Å². The Bertz CT molecular complexity index is 2770. The van der Waals surface area contributed by atoms with Crippen LogP contribution in [0.2, 0.25) is 0 Å². The molecule has 9 aromatic rings. The van der Waals surface area contributed by atoms with Crippen LogP contribution in [-0.2, 0) is 5.41 Å². The number of thiophene rings is 1. The van der Waals surface area contributed by atoms with Crippen LogP contribution in [-0.4, -0.2) is 0 Å². The molecule has 1 aromatic heterocycles. The van der Waals surface area contributed by atoms with Gasteiger partial charge in [-0.3, -0.25) is 0 Å². The zero-order chi connectivity index (χ0) is 34.8. The summed E-state index contributed by atoms with van der Waals surface area (Å²) in [6, 6.07) is 66.5. The molecule has 0 radical (unpaired) electrons. The monoisotopic (exact) mass is 684 g/mol. The lowest BCUT2D eigenvalue weighted by atomic mass is 9.82. The quantitative estimate of drug-likeness (QED) is 0.172. The van der Waals surface area contributed by atoms with E-state index in [1.54, 1.807) is 0 Å². The minimum absolute atomic E-state index is 0.218. The minimum Gasteiger partial charge on any atom is -0.310 e. The van der Waals surface area contributed by atoms with Crippen molar-refractivity contribution in [3.05, 3.63) is 193 Å². The predicted molar refractivity (Wildman–Crippen MR) is 224 cm³/mol. The summed E-state index contributed by atoms with van der Waals surface area (Å²) in [5, 5.41) is 5.08. The molecule has 0 N–H and O–H groups in total. The van der Waals surface area contributed by atoms with E-state index in [2.05, 4.69) is 206 Å². The second-order valence-corrected chi connectivity index (χ2v) is 15.2. The molecule has 0 spiro atoms. The van der Waals surface area contributed by atoms with Gasteiger partial charge in [-0.2, -0.15) is 0 Å². The molecular formula is C49H36N2S. The van der Waals surface area contributed by atoms with E-state index in [1.807, 2.05) is 11.3 Å². The van der Waals surface area contributed by atoms with Crippen molar-refractivity contribution in [1.29, 1.82) is 0 Å². The van der Waals surface area contributed by atoms with Crippen LogP contribution >= 0.6 is 11.3 Å². The average molecular weight is 685 g/mol. The summed E-state index contributed by atoms with van der Waals surface area (Å²) in [6.07, 6.45) is 0. The summed E-state index contributed by atoms with van der Waals surface area (Å²) in [4.78, 5) is 4.86. The lowest BCUT2D eigenvalue weighted by molar-refractivity contribution is 0.660. The van der Waals surface area contributed by atoms with Crippen molar-refractivity contribution in [3.63, 3.8) is 0 Å². The Morgan fingerprint density at radius 1 is 0.404 bits per heavy atom. The average Bonchev–Trinajstić information content (AvgIpc) is 3.68. The van der Waals surface area contributed by atoms with Gasteiger partial charge < -0.3 is 9.80 Å². The Morgan fingerprint density at radius 3 is 1.58 bits per heavy atom. The third kappa shape index (κ3) is 4.77. The number of benzene rings is 8. The summed E-state index contributed by atoms with van der Waals surface area (Å²) in [7, 11) is 0. The molecule has 10 rings (SSSR count). The van der Waals surface area contributed by atoms with Crippen molar-refractivity contribution in [3.8, 4) is 11.1 Å². The maximum absolute atomic E-state index is 2.44. The number of fused-ring (bicyclic) bond motifs is 7. The molecule has 52 heavy (non-hydrogen) atoms. The first-order chi connectivity index (χ1) is 25.6. The van der Waals surface area contributed by atoms with E-state index < -0.39 is 0 Å². The molecule has 0 fully saturated rings. The highest BCUT2D eigenvalue weighted by Crippen LogP contribution is 2.53. The van der Waals surface area contributed by atoms with Crippen LogP contribution in [0.4, 0.5) is 34.1 Å². The molecule has 248 valence electrons. The number of hydrogen-bond donors (Lipinski definition) is 0. The van der Waals surface area contributed by atoms with Crippen LogP contribution < -0.4 is 9.80 Å². The molecule has 1 heterocycles. The maximum Gasteiger partial charge on any atom is 0.0640 e. The third-order valence-electron chi connectivity index (χ3n) is 10.8. The highest BCUT2D eigenvalue weighted by Gasteiger charge is 2.37. The Hall–Kier alpha value is -6.16. The topological polar surface area (TPSA) is 6.48 Å². The molecule has 0 bridgehead atoms. The zero-order valence-corrected chi connectivity index (χ0v) is 29.9. The molecule has 0 saturated heterocycles. The van der Waals surface area contributed by atoms with Gasteiger partial charge >= 0.3 is 0 Å². The molecule has 0 saturated carbocycles. The van der Waals surface area contributed by atoms with Gasteiger partial charge in [-0.25, -0.2) is 0 Å². The van der Waals surface area contributed by atoms with E-state index in [9.17, 15) is 0 Å². The van der Waals surface area contributed by atoms with Crippen molar-refractivity contribution in [2.75, 3.05) is 9.80 Å². The van der Waals surface area contributed by atoms with Crippen LogP contribution in [0.25, 0.3) is 42.1 Å². The highest BCUT2D eigenvalue weighted by atomic mass is 32.1. The fraction of sp³-hybridized carbons (Fsp3) is 0.0612. The van der Waals surface area contributed by atoms with Gasteiger partial charge in [0, 0.05) is 49.0 Å². The van der Waals surface area contributed by atoms with E-state index in [0.717, 1.165) is 22.7 Å². The van der Waals surface area contributed by atoms with Crippen LogP contribution in [0.3, 0.4) is 0 Å². The fourth-order valence-corrected chi connectivity index (χ4v) is 9.52. The largest absolute Gasteiger partial charge is 0.310 e. The zero-order valence-electron chi connectivity index (χ0n) is 29.1. The van der Waals surface area contributed by atoms with Crippen molar-refractivity contribution >= 4 is 76.4 Å². The second kappa shape index (κ2) is 12.0. The van der Waals surface area contributed by atoms with Crippen LogP contribution in [0.5, 0.6) is 0 Å². The number of anilines is 6. The number of nitrogens with zero attached hydrogens (tertiary/aromatic N) is 2. The van der Waals surface area contributed by atoms with E-state index >= 15 is 0 Å². The Morgan fingerprint density at radius 2 is 0.904 bits per heavy atom. The molecule has 0 aliphatic heterocycles. The van der Waals surface area contributed by atoms with Gasteiger partial charge in [0.1, 0.15) is 0 Å². The standard InChI is InChI=1S/C49H36N2S/c1-49(2)43-31-36(50(34-17-5-3-6-18-34)45-24-13-16-33-15-9-10-21-38(33)45)27-29-39(43)40-30-28-37(32-44(40)49)51(35-19-7-4-8-20-35)46-25-14-23-42-41-22-11-12-26-47(41)52-48(42)46/h3-32H,1-2H3. The molecule has 1 aliphatic carbocycles. The number of hydrogen-bond acceptors (Lipinski definition) is 3. The summed E-state index contributed by atoms with van der Waals surface area (Å²) in [6.45, 7) is 4.77. The first kappa shape index (κ1) is 30.6. The van der Waals surface area contributed by atoms with Crippen molar-refractivity contribution in [2.45, 2.75) is 19.3 Å². The van der Waals surface area contributed by atoms with Crippen molar-refractivity contribution in [1.82, 2.24) is 0 Å². The summed E-state index contributed by atoms with van der Waals surface area (Å²) >= 11 is 1.88. The fourth-order valence-electron chi connectivity index (χ4n) is 8.31. The van der Waals surface area contributed by atoms with E-state index in [4.69, 9.17) is 0 Å². The SMILES string of the molecule is CC1(C)c2cc(N(c3ccccc3)c3cccc4ccccc34)ccc2-c2ccc(N(c3ccccc3)c3cccc4c3sc3ccccc34)cc21. The van der Waals surface area contributed by atoms with Gasteiger partial charge in [-0.05, 0) is 94.4 Å². The van der Waals surface area contributed by atoms with Crippen LogP contribution in [0.1, 0.15) is 25.0 Å². The molecule has 1 aliphatic rings. The molecule has 0 atom stereocenters. The Balaban J connectivity index is 1.12. The summed E-state index contributed by atoms with van der Waals surface area (Å²) in [5.74, 6) is 0. The molecule has 3 heteroatoms. The highest BCUT2D eigenvalue weighted by molar-refractivity contribution is 7.26. The maximum atomic E-state index is 2.44. The van der Waals surface area contributed by atoms with Crippen molar-refractivity contribution < 1.29 is 0 Å². The van der Waals surface area contributed by atoms with Gasteiger partial charge in [0.25, 0.3) is 0 Å². The second-order valence-electron chi connectivity index (χ2n) is 14.2. The number of para-hydroxylation sites is 2. The van der Waals surface area contributed by atoms with E-state index in [0.29, 0.717) is 0 Å². The van der Waals surface area contributed by atoms with E-state index in [1.165, 1.54) is 64.6 Å². The van der Waals surface area contributed by atoms with Crippen LogP contribution in [0.15, 0.2) is 182 Å². The Labute approximate surface area is 308 Å². The molecule has 2 nitrogen and oxygen atoms in total. The first-order valence-electron chi connectivity index (χ1n) is 17.9.